The minimum Gasteiger partial charge on any atom is -0.490 e. The fraction of sp³-hybridized carbons (Fsp3) is 0.611. The molecule has 42 heavy (non-hydrogen) atoms. The third-order valence-corrected chi connectivity index (χ3v) is 9.65. The monoisotopic (exact) mass is 576 g/mol. The van der Waals surface area contributed by atoms with Crippen LogP contribution >= 0.6 is 0 Å². The van der Waals surface area contributed by atoms with Gasteiger partial charge >= 0.3 is 5.97 Å². The Hall–Kier alpha value is -2.86. The van der Waals surface area contributed by atoms with Gasteiger partial charge in [0.2, 0.25) is 5.91 Å². The highest BCUT2D eigenvalue weighted by Crippen LogP contribution is 2.39. The molecular weight excluding hydrogens is 524 g/mol. The molecule has 1 amide bonds. The average molecular weight is 577 g/mol. The van der Waals surface area contributed by atoms with Gasteiger partial charge in [-0.05, 0) is 107 Å². The van der Waals surface area contributed by atoms with E-state index >= 15 is 0 Å². The summed E-state index contributed by atoms with van der Waals surface area (Å²) in [5, 5.41) is 12.9. The van der Waals surface area contributed by atoms with Gasteiger partial charge < -0.3 is 15.2 Å². The Morgan fingerprint density at radius 3 is 2.33 bits per heavy atom. The first-order valence-corrected chi connectivity index (χ1v) is 16.1. The fourth-order valence-corrected chi connectivity index (χ4v) is 6.85. The van der Waals surface area contributed by atoms with E-state index in [1.54, 1.807) is 0 Å². The lowest BCUT2D eigenvalue weighted by atomic mass is 9.74. The standard InChI is InChI=1S/C36H52N2O4/c1-27-14-15-28(2)32(24-27)42-31(25-33(39)40)18-19-35(3,4)34(41)37-30-16-20-36(21-17-30,26-29-12-8-7-9-13-29)38-22-10-5-6-11-23-38/h7-9,12-15,24,30-31H,5-6,10-11,16-23,25-26H2,1-4H3,(H,37,41)(H,39,40). The molecular formula is C36H52N2O4. The highest BCUT2D eigenvalue weighted by Gasteiger charge is 2.41. The second-order valence-electron chi connectivity index (χ2n) is 13.6. The Morgan fingerprint density at radius 2 is 1.69 bits per heavy atom. The summed E-state index contributed by atoms with van der Waals surface area (Å²) < 4.78 is 6.18. The van der Waals surface area contributed by atoms with E-state index in [4.69, 9.17) is 4.74 Å². The zero-order valence-electron chi connectivity index (χ0n) is 26.3. The van der Waals surface area contributed by atoms with Crippen LogP contribution in [0.4, 0.5) is 0 Å². The summed E-state index contributed by atoms with van der Waals surface area (Å²) in [4.78, 5) is 27.9. The van der Waals surface area contributed by atoms with Gasteiger partial charge in [-0.1, -0.05) is 69.2 Å². The van der Waals surface area contributed by atoms with Gasteiger partial charge in [-0.2, -0.15) is 0 Å². The maximum absolute atomic E-state index is 13.5. The molecule has 6 heteroatoms. The molecule has 0 bridgehead atoms. The maximum Gasteiger partial charge on any atom is 0.307 e. The van der Waals surface area contributed by atoms with Crippen molar-refractivity contribution in [2.45, 2.75) is 122 Å². The summed E-state index contributed by atoms with van der Waals surface area (Å²) in [6.45, 7) is 10.3. The Morgan fingerprint density at radius 1 is 1.02 bits per heavy atom. The van der Waals surface area contributed by atoms with Crippen LogP contribution in [-0.2, 0) is 16.0 Å². The number of carboxylic acid groups (broad SMARTS) is 1. The number of amides is 1. The molecule has 2 fully saturated rings. The topological polar surface area (TPSA) is 78.9 Å². The molecule has 0 spiro atoms. The lowest BCUT2D eigenvalue weighted by Crippen LogP contribution is -2.55. The SMILES string of the molecule is Cc1ccc(C)c(OC(CCC(C)(C)C(=O)NC2CCC(Cc3ccccc3)(N3CCCCCC3)CC2)CC(=O)O)c1. The van der Waals surface area contributed by atoms with Crippen molar-refractivity contribution in [3.05, 3.63) is 65.2 Å². The second kappa shape index (κ2) is 14.5. The summed E-state index contributed by atoms with van der Waals surface area (Å²) in [5.41, 5.74) is 3.00. The van der Waals surface area contributed by atoms with Crippen LogP contribution in [0.25, 0.3) is 0 Å². The number of carbonyl (C=O) groups excluding carboxylic acids is 1. The van der Waals surface area contributed by atoms with Crippen LogP contribution in [0, 0.1) is 19.3 Å². The van der Waals surface area contributed by atoms with Gasteiger partial charge in [0.25, 0.3) is 0 Å². The molecule has 2 aromatic carbocycles. The van der Waals surface area contributed by atoms with Crippen LogP contribution in [0.2, 0.25) is 0 Å². The number of hydrogen-bond donors (Lipinski definition) is 2. The number of likely N-dealkylation sites (tertiary alicyclic amines) is 1. The third kappa shape index (κ3) is 8.82. The Labute approximate surface area is 253 Å². The molecule has 1 atom stereocenters. The zero-order chi connectivity index (χ0) is 30.2. The molecule has 2 N–H and O–H groups in total. The number of nitrogens with one attached hydrogen (secondary N) is 1. The van der Waals surface area contributed by atoms with E-state index in [2.05, 4.69) is 40.5 Å². The maximum atomic E-state index is 13.5. The van der Waals surface area contributed by atoms with E-state index in [-0.39, 0.29) is 23.9 Å². The molecule has 1 aliphatic carbocycles. The van der Waals surface area contributed by atoms with Crippen molar-refractivity contribution < 1.29 is 19.4 Å². The van der Waals surface area contributed by atoms with Crippen LogP contribution in [0.15, 0.2) is 48.5 Å². The van der Waals surface area contributed by atoms with E-state index in [1.807, 2.05) is 45.9 Å². The number of hydrogen-bond acceptors (Lipinski definition) is 4. The average Bonchev–Trinajstić information content (AvgIpc) is 3.25. The Bertz CT molecular complexity index is 1160. The van der Waals surface area contributed by atoms with E-state index in [1.165, 1.54) is 44.3 Å². The number of carbonyl (C=O) groups is 2. The van der Waals surface area contributed by atoms with Crippen molar-refractivity contribution >= 4 is 11.9 Å². The highest BCUT2D eigenvalue weighted by atomic mass is 16.5. The lowest BCUT2D eigenvalue weighted by Gasteiger charge is -2.48. The molecule has 0 aromatic heterocycles. The first-order chi connectivity index (χ1) is 20.1. The number of rotatable bonds is 12. The molecule has 2 aromatic rings. The molecule has 1 aliphatic heterocycles. The summed E-state index contributed by atoms with van der Waals surface area (Å²) in [6.07, 6.45) is 10.9. The molecule has 1 heterocycles. The van der Waals surface area contributed by atoms with Gasteiger partial charge in [-0.3, -0.25) is 14.5 Å². The predicted molar refractivity (Wildman–Crippen MR) is 169 cm³/mol. The van der Waals surface area contributed by atoms with Crippen molar-refractivity contribution in [2.24, 2.45) is 5.41 Å². The van der Waals surface area contributed by atoms with Gasteiger partial charge in [0.05, 0.1) is 6.42 Å². The minimum atomic E-state index is -0.891. The largest absolute Gasteiger partial charge is 0.490 e. The van der Waals surface area contributed by atoms with Crippen molar-refractivity contribution in [3.8, 4) is 5.75 Å². The molecule has 1 unspecified atom stereocenters. The predicted octanol–water partition coefficient (Wildman–Crippen LogP) is 7.25. The molecule has 1 saturated heterocycles. The summed E-state index contributed by atoms with van der Waals surface area (Å²) in [7, 11) is 0. The van der Waals surface area contributed by atoms with Crippen molar-refractivity contribution in [2.75, 3.05) is 13.1 Å². The molecule has 1 saturated carbocycles. The van der Waals surface area contributed by atoms with E-state index in [0.717, 1.165) is 43.2 Å². The van der Waals surface area contributed by atoms with Gasteiger partial charge in [-0.15, -0.1) is 0 Å². The molecule has 6 nitrogen and oxygen atoms in total. The Kier molecular flexibility index (Phi) is 11.1. The summed E-state index contributed by atoms with van der Waals surface area (Å²) in [6, 6.07) is 17.0. The first kappa shape index (κ1) is 32.1. The van der Waals surface area contributed by atoms with Gasteiger partial charge in [0.15, 0.2) is 0 Å². The first-order valence-electron chi connectivity index (χ1n) is 16.1. The highest BCUT2D eigenvalue weighted by molar-refractivity contribution is 5.82. The van der Waals surface area contributed by atoms with Gasteiger partial charge in [-0.25, -0.2) is 0 Å². The van der Waals surface area contributed by atoms with E-state index in [0.29, 0.717) is 18.6 Å². The minimum absolute atomic E-state index is 0.0543. The van der Waals surface area contributed by atoms with Crippen LogP contribution in [0.3, 0.4) is 0 Å². The Balaban J connectivity index is 1.36. The normalized spacial score (nSPS) is 22.6. The van der Waals surface area contributed by atoms with E-state index < -0.39 is 17.5 Å². The summed E-state index contributed by atoms with van der Waals surface area (Å²) in [5.74, 6) is -0.120. The van der Waals surface area contributed by atoms with Crippen LogP contribution in [0.1, 0.15) is 101 Å². The number of carboxylic acids is 1. The number of benzene rings is 2. The third-order valence-electron chi connectivity index (χ3n) is 9.65. The van der Waals surface area contributed by atoms with Gasteiger partial charge in [0.1, 0.15) is 11.9 Å². The molecule has 4 rings (SSSR count). The van der Waals surface area contributed by atoms with Gasteiger partial charge in [0, 0.05) is 17.0 Å². The van der Waals surface area contributed by atoms with Crippen molar-refractivity contribution in [3.63, 3.8) is 0 Å². The quantitative estimate of drug-likeness (QED) is 0.278. The van der Waals surface area contributed by atoms with E-state index in [9.17, 15) is 14.7 Å². The smallest absolute Gasteiger partial charge is 0.307 e. The molecule has 2 aliphatic rings. The van der Waals surface area contributed by atoms with Crippen LogP contribution in [0.5, 0.6) is 5.75 Å². The zero-order valence-corrected chi connectivity index (χ0v) is 26.3. The summed E-state index contributed by atoms with van der Waals surface area (Å²) >= 11 is 0. The lowest BCUT2D eigenvalue weighted by molar-refractivity contribution is -0.139. The fourth-order valence-electron chi connectivity index (χ4n) is 6.85. The molecule has 230 valence electrons. The van der Waals surface area contributed by atoms with Crippen molar-refractivity contribution in [1.82, 2.24) is 10.2 Å². The second-order valence-corrected chi connectivity index (χ2v) is 13.6. The number of nitrogens with zero attached hydrogens (tertiary/aromatic N) is 1. The number of ether oxygens (including phenoxy) is 1. The molecule has 0 radical (unpaired) electrons. The number of aliphatic carboxylic acids is 1. The van der Waals surface area contributed by atoms with Crippen molar-refractivity contribution in [1.29, 1.82) is 0 Å². The number of aryl methyl sites for hydroxylation is 2. The van der Waals surface area contributed by atoms with Crippen LogP contribution < -0.4 is 10.1 Å². The van der Waals surface area contributed by atoms with Crippen LogP contribution in [-0.4, -0.2) is 52.7 Å².